The van der Waals surface area contributed by atoms with Crippen molar-refractivity contribution in [2.45, 2.75) is 31.2 Å². The summed E-state index contributed by atoms with van der Waals surface area (Å²) in [6.07, 6.45) is 2.91. The molecule has 8 heteroatoms. The quantitative estimate of drug-likeness (QED) is 0.498. The van der Waals surface area contributed by atoms with Gasteiger partial charge >= 0.3 is 0 Å². The van der Waals surface area contributed by atoms with Gasteiger partial charge in [0.05, 0.1) is 18.6 Å². The normalized spacial score (nSPS) is 14.4. The Bertz CT molecular complexity index is 1340. The Morgan fingerprint density at radius 3 is 2.33 bits per heavy atom. The maximum Gasteiger partial charge on any atom is 0.251 e. The minimum Gasteiger partial charge on any atom is -0.497 e. The Labute approximate surface area is 193 Å². The van der Waals surface area contributed by atoms with Crippen molar-refractivity contribution in [2.75, 3.05) is 20.2 Å². The number of pyridine rings is 1. The second-order valence-corrected chi connectivity index (χ2v) is 10.1. The summed E-state index contributed by atoms with van der Waals surface area (Å²) in [6, 6.07) is 15.5. The molecule has 0 atom stereocenters. The van der Waals surface area contributed by atoms with E-state index in [2.05, 4.69) is 0 Å². The van der Waals surface area contributed by atoms with Gasteiger partial charge in [0, 0.05) is 30.9 Å². The molecule has 0 spiro atoms. The lowest BCUT2D eigenvalue weighted by atomic mass is 9.98. The monoisotopic (exact) mass is 466 g/mol. The molecule has 1 fully saturated rings. The first-order valence-electron chi connectivity index (χ1n) is 10.8. The summed E-state index contributed by atoms with van der Waals surface area (Å²) in [6.45, 7) is 2.70. The minimum absolute atomic E-state index is 0.0297. The van der Waals surface area contributed by atoms with Gasteiger partial charge in [0.15, 0.2) is 5.78 Å². The van der Waals surface area contributed by atoms with Crippen LogP contribution in [0.5, 0.6) is 5.75 Å². The van der Waals surface area contributed by atoms with Gasteiger partial charge in [-0.15, -0.1) is 0 Å². The summed E-state index contributed by atoms with van der Waals surface area (Å²) in [5.74, 6) is 0.508. The molecule has 1 aliphatic rings. The first-order chi connectivity index (χ1) is 15.8. The molecular weight excluding hydrogens is 440 g/mol. The highest BCUT2D eigenvalue weighted by Gasteiger charge is 2.27. The van der Waals surface area contributed by atoms with Crippen LogP contribution in [-0.4, -0.2) is 43.3 Å². The van der Waals surface area contributed by atoms with Crippen LogP contribution in [0.15, 0.2) is 70.5 Å². The largest absolute Gasteiger partial charge is 0.497 e. The molecule has 0 aliphatic carbocycles. The summed E-state index contributed by atoms with van der Waals surface area (Å²) >= 11 is 0. The number of hydrogen-bond donors (Lipinski definition) is 0. The highest BCUT2D eigenvalue weighted by atomic mass is 32.2. The van der Waals surface area contributed by atoms with Crippen LogP contribution in [0.25, 0.3) is 11.1 Å². The number of hydrogen-bond acceptors (Lipinski definition) is 5. The number of carbonyl (C=O) groups excluding carboxylic acids is 1. The molecule has 33 heavy (non-hydrogen) atoms. The van der Waals surface area contributed by atoms with Crippen molar-refractivity contribution in [1.82, 2.24) is 8.87 Å². The van der Waals surface area contributed by atoms with E-state index in [1.54, 1.807) is 19.2 Å². The molecule has 172 valence electrons. The molecule has 0 N–H and O–H groups in total. The average Bonchev–Trinajstić information content (AvgIpc) is 3.36. The number of methoxy groups -OCH3 is 1. The average molecular weight is 467 g/mol. The lowest BCUT2D eigenvalue weighted by Gasteiger charge is -2.16. The fourth-order valence-electron chi connectivity index (χ4n) is 4.03. The lowest BCUT2D eigenvalue weighted by Crippen LogP contribution is -2.30. The molecule has 0 saturated carbocycles. The third-order valence-corrected chi connectivity index (χ3v) is 7.81. The fourth-order valence-corrected chi connectivity index (χ4v) is 5.57. The van der Waals surface area contributed by atoms with Crippen molar-refractivity contribution in [2.24, 2.45) is 0 Å². The highest BCUT2D eigenvalue weighted by Crippen LogP contribution is 2.27. The van der Waals surface area contributed by atoms with E-state index in [9.17, 15) is 18.0 Å². The standard InChI is InChI=1S/C25H26N2O5S/c1-18-15-21(32-2)9-11-23(18)19-5-7-20(8-6-19)24(28)17-26-16-22(10-12-25(26)29)33(30,31)27-13-3-4-14-27/h5-12,15-16H,3-4,13-14,17H2,1-2H3. The van der Waals surface area contributed by atoms with E-state index in [1.165, 1.54) is 22.6 Å². The number of aryl methyl sites for hydroxylation is 1. The van der Waals surface area contributed by atoms with Gasteiger partial charge in [-0.3, -0.25) is 9.59 Å². The smallest absolute Gasteiger partial charge is 0.251 e. The number of ether oxygens (including phenoxy) is 1. The summed E-state index contributed by atoms with van der Waals surface area (Å²) in [5, 5.41) is 0. The third kappa shape index (κ3) is 4.77. The van der Waals surface area contributed by atoms with Crippen LogP contribution in [0.4, 0.5) is 0 Å². The van der Waals surface area contributed by atoms with Crippen molar-refractivity contribution in [3.05, 3.63) is 82.3 Å². The van der Waals surface area contributed by atoms with E-state index < -0.39 is 15.6 Å². The Morgan fingerprint density at radius 2 is 1.70 bits per heavy atom. The molecule has 0 unspecified atom stereocenters. The van der Waals surface area contributed by atoms with Gasteiger partial charge in [0.1, 0.15) is 5.75 Å². The maximum absolute atomic E-state index is 12.8. The number of ketones is 1. The van der Waals surface area contributed by atoms with Crippen molar-refractivity contribution in [3.63, 3.8) is 0 Å². The molecule has 0 radical (unpaired) electrons. The van der Waals surface area contributed by atoms with Crippen LogP contribution in [0.2, 0.25) is 0 Å². The first kappa shape index (κ1) is 22.9. The van der Waals surface area contributed by atoms with E-state index in [4.69, 9.17) is 4.74 Å². The van der Waals surface area contributed by atoms with E-state index >= 15 is 0 Å². The van der Waals surface area contributed by atoms with Gasteiger partial charge in [0.25, 0.3) is 5.56 Å². The second kappa shape index (κ2) is 9.33. The van der Waals surface area contributed by atoms with Crippen LogP contribution in [0.3, 0.4) is 0 Å². The Morgan fingerprint density at radius 1 is 1.00 bits per heavy atom. The molecule has 1 aliphatic heterocycles. The summed E-state index contributed by atoms with van der Waals surface area (Å²) in [4.78, 5) is 25.2. The zero-order valence-electron chi connectivity index (χ0n) is 18.7. The second-order valence-electron chi connectivity index (χ2n) is 8.12. The van der Waals surface area contributed by atoms with Crippen molar-refractivity contribution in [3.8, 4) is 16.9 Å². The number of benzene rings is 2. The molecule has 2 heterocycles. The number of rotatable bonds is 7. The molecule has 7 nitrogen and oxygen atoms in total. The summed E-state index contributed by atoms with van der Waals surface area (Å²) < 4.78 is 33.4. The molecule has 0 amide bonds. The summed E-state index contributed by atoms with van der Waals surface area (Å²) in [5.41, 5.74) is 3.07. The van der Waals surface area contributed by atoms with Gasteiger partial charge in [-0.25, -0.2) is 8.42 Å². The first-order valence-corrected chi connectivity index (χ1v) is 12.2. The number of Topliss-reactive ketones (excluding diaryl/α,β-unsaturated/α-hetero) is 1. The van der Waals surface area contributed by atoms with E-state index in [0.29, 0.717) is 18.7 Å². The van der Waals surface area contributed by atoms with Crippen molar-refractivity contribution >= 4 is 15.8 Å². The topological polar surface area (TPSA) is 85.7 Å². The predicted octanol–water partition coefficient (Wildman–Crippen LogP) is 3.50. The van der Waals surface area contributed by atoms with E-state index in [-0.39, 0.29) is 17.2 Å². The van der Waals surface area contributed by atoms with Crippen LogP contribution in [0.1, 0.15) is 28.8 Å². The molecule has 0 bridgehead atoms. The number of nitrogens with zero attached hydrogens (tertiary/aromatic N) is 2. The van der Waals surface area contributed by atoms with Crippen LogP contribution >= 0.6 is 0 Å². The maximum atomic E-state index is 12.8. The van der Waals surface area contributed by atoms with Gasteiger partial charge in [0.2, 0.25) is 10.0 Å². The van der Waals surface area contributed by atoms with Gasteiger partial charge in [-0.05, 0) is 54.7 Å². The Balaban J connectivity index is 1.54. The van der Waals surface area contributed by atoms with Crippen LogP contribution in [0, 0.1) is 6.92 Å². The lowest BCUT2D eigenvalue weighted by molar-refractivity contribution is 0.0970. The van der Waals surface area contributed by atoms with E-state index in [1.807, 2.05) is 37.3 Å². The van der Waals surface area contributed by atoms with Gasteiger partial charge in [-0.1, -0.05) is 30.3 Å². The molecule has 4 rings (SSSR count). The molecule has 1 saturated heterocycles. The fraction of sp³-hybridized carbons (Fsp3) is 0.280. The highest BCUT2D eigenvalue weighted by molar-refractivity contribution is 7.89. The van der Waals surface area contributed by atoms with E-state index in [0.717, 1.165) is 39.8 Å². The van der Waals surface area contributed by atoms with Crippen LogP contribution in [-0.2, 0) is 16.6 Å². The summed E-state index contributed by atoms with van der Waals surface area (Å²) in [7, 11) is -2.05. The number of sulfonamides is 1. The zero-order valence-corrected chi connectivity index (χ0v) is 19.5. The number of carbonyl (C=O) groups is 1. The van der Waals surface area contributed by atoms with Crippen molar-refractivity contribution < 1.29 is 17.9 Å². The zero-order chi connectivity index (χ0) is 23.6. The Hall–Kier alpha value is -3.23. The SMILES string of the molecule is COc1ccc(-c2ccc(C(=O)Cn3cc(S(=O)(=O)N4CCCC4)ccc3=O)cc2)c(C)c1. The molecule has 2 aromatic carbocycles. The van der Waals surface area contributed by atoms with Gasteiger partial charge in [-0.2, -0.15) is 4.31 Å². The van der Waals surface area contributed by atoms with Crippen molar-refractivity contribution in [1.29, 1.82) is 0 Å². The Kier molecular flexibility index (Phi) is 6.49. The minimum atomic E-state index is -3.67. The molecule has 1 aromatic heterocycles. The third-order valence-electron chi connectivity index (χ3n) is 5.92. The molecule has 3 aromatic rings. The molecular formula is C25H26N2O5S. The predicted molar refractivity (Wildman–Crippen MR) is 126 cm³/mol. The van der Waals surface area contributed by atoms with Crippen LogP contribution < -0.4 is 10.3 Å². The number of aromatic nitrogens is 1. The van der Waals surface area contributed by atoms with Gasteiger partial charge < -0.3 is 9.30 Å².